The number of benzene rings is 1. The van der Waals surface area contributed by atoms with Crippen molar-refractivity contribution in [3.8, 4) is 6.07 Å². The minimum absolute atomic E-state index is 0.00165. The molecule has 2 aromatic heterocycles. The third-order valence-corrected chi connectivity index (χ3v) is 6.32. The van der Waals surface area contributed by atoms with Crippen molar-refractivity contribution in [3.63, 3.8) is 0 Å². The lowest BCUT2D eigenvalue weighted by Gasteiger charge is -2.30. The van der Waals surface area contributed by atoms with Crippen LogP contribution in [0.15, 0.2) is 35.1 Å². The predicted octanol–water partition coefficient (Wildman–Crippen LogP) is 4.79. The molecule has 1 N–H and O–H groups in total. The summed E-state index contributed by atoms with van der Waals surface area (Å²) in [7, 11) is 0. The SMILES string of the molecule is CCc1c(F)nc2cc(N3C(=S)N(c4ccc(C#N)c(C(F)(F)F)c4)C(=N)C3(C)C)cc(F)n2c1=O. The second-order valence-corrected chi connectivity index (χ2v) is 8.84. The van der Waals surface area contributed by atoms with Gasteiger partial charge < -0.3 is 4.90 Å². The zero-order valence-corrected chi connectivity index (χ0v) is 19.9. The monoisotopic (exact) mass is 520 g/mol. The number of alkyl halides is 3. The number of amidine groups is 1. The first-order valence-corrected chi connectivity index (χ1v) is 10.9. The van der Waals surface area contributed by atoms with Gasteiger partial charge >= 0.3 is 6.18 Å². The second-order valence-electron chi connectivity index (χ2n) is 8.47. The lowest BCUT2D eigenvalue weighted by molar-refractivity contribution is -0.137. The van der Waals surface area contributed by atoms with Gasteiger partial charge in [-0.1, -0.05) is 6.92 Å². The van der Waals surface area contributed by atoms with E-state index in [0.29, 0.717) is 10.5 Å². The molecule has 186 valence electrons. The number of pyridine rings is 1. The van der Waals surface area contributed by atoms with E-state index in [2.05, 4.69) is 4.98 Å². The average Bonchev–Trinajstić information content (AvgIpc) is 2.95. The van der Waals surface area contributed by atoms with E-state index in [1.807, 2.05) is 0 Å². The Hall–Kier alpha value is -3.92. The van der Waals surface area contributed by atoms with Crippen LogP contribution < -0.4 is 15.4 Å². The summed E-state index contributed by atoms with van der Waals surface area (Å²) < 4.78 is 70.6. The van der Waals surface area contributed by atoms with Crippen molar-refractivity contribution in [2.24, 2.45) is 0 Å². The van der Waals surface area contributed by atoms with E-state index in [4.69, 9.17) is 22.9 Å². The number of hydrogen-bond acceptors (Lipinski definition) is 5. The number of hydrogen-bond donors (Lipinski definition) is 1. The van der Waals surface area contributed by atoms with E-state index in [1.165, 1.54) is 30.0 Å². The van der Waals surface area contributed by atoms with Crippen LogP contribution >= 0.6 is 12.2 Å². The lowest BCUT2D eigenvalue weighted by atomic mass is 10.0. The van der Waals surface area contributed by atoms with Crippen LogP contribution in [0.2, 0.25) is 0 Å². The molecule has 1 aromatic carbocycles. The predicted molar refractivity (Wildman–Crippen MR) is 126 cm³/mol. The summed E-state index contributed by atoms with van der Waals surface area (Å²) in [6.45, 7) is 4.61. The van der Waals surface area contributed by atoms with Crippen molar-refractivity contribution in [3.05, 3.63) is 69.3 Å². The summed E-state index contributed by atoms with van der Waals surface area (Å²) in [6, 6.07) is 6.56. The molecule has 7 nitrogen and oxygen atoms in total. The van der Waals surface area contributed by atoms with Gasteiger partial charge in [-0.05, 0) is 50.7 Å². The van der Waals surface area contributed by atoms with Gasteiger partial charge in [-0.25, -0.2) is 9.38 Å². The van der Waals surface area contributed by atoms with Crippen LogP contribution in [0.5, 0.6) is 0 Å². The molecule has 1 fully saturated rings. The first-order chi connectivity index (χ1) is 16.7. The highest BCUT2D eigenvalue weighted by Gasteiger charge is 2.48. The Balaban J connectivity index is 1.88. The minimum Gasteiger partial charge on any atom is -0.305 e. The van der Waals surface area contributed by atoms with E-state index in [9.17, 15) is 22.4 Å². The number of nitrogens with one attached hydrogen (secondary N) is 1. The van der Waals surface area contributed by atoms with E-state index >= 15 is 4.39 Å². The Labute approximate surface area is 206 Å². The molecule has 0 amide bonds. The fourth-order valence-corrected chi connectivity index (χ4v) is 4.66. The Morgan fingerprint density at radius 1 is 1.17 bits per heavy atom. The van der Waals surface area contributed by atoms with Gasteiger partial charge in [-0.3, -0.25) is 15.1 Å². The molecule has 0 aliphatic carbocycles. The van der Waals surface area contributed by atoms with E-state index < -0.39 is 40.3 Å². The standard InChI is InChI=1S/C23H17F5N6OS/c1-4-14-18(25)31-17-9-13(8-16(24)33(17)19(14)35)34-21(36)32(20(30)22(34,2)3)12-6-5-11(10-29)15(7-12)23(26,27)28/h5-9,30H,4H2,1-3H3. The normalized spacial score (nSPS) is 15.6. The van der Waals surface area contributed by atoms with Gasteiger partial charge in [0.25, 0.3) is 5.56 Å². The zero-order chi connectivity index (χ0) is 26.7. The number of fused-ring (bicyclic) bond motifs is 1. The molecule has 3 heterocycles. The fourth-order valence-electron chi connectivity index (χ4n) is 4.13. The Morgan fingerprint density at radius 3 is 2.42 bits per heavy atom. The van der Waals surface area contributed by atoms with Crippen LogP contribution in [0.1, 0.15) is 37.5 Å². The van der Waals surface area contributed by atoms with Gasteiger partial charge in [-0.2, -0.15) is 27.2 Å². The number of anilines is 2. The zero-order valence-electron chi connectivity index (χ0n) is 19.0. The third-order valence-electron chi connectivity index (χ3n) is 5.95. The molecule has 0 spiro atoms. The van der Waals surface area contributed by atoms with Crippen LogP contribution in [0, 0.1) is 28.6 Å². The number of rotatable bonds is 3. The molecule has 1 aliphatic rings. The highest BCUT2D eigenvalue weighted by molar-refractivity contribution is 7.81. The number of nitriles is 1. The Morgan fingerprint density at radius 2 is 1.83 bits per heavy atom. The molecule has 1 saturated heterocycles. The van der Waals surface area contributed by atoms with Crippen LogP contribution in [0.3, 0.4) is 0 Å². The summed E-state index contributed by atoms with van der Waals surface area (Å²) in [5, 5.41) is 17.5. The first kappa shape index (κ1) is 25.2. The largest absolute Gasteiger partial charge is 0.417 e. The molecule has 1 aliphatic heterocycles. The topological polar surface area (TPSA) is 88.5 Å². The maximum absolute atomic E-state index is 15.1. The smallest absolute Gasteiger partial charge is 0.305 e. The molecule has 13 heteroatoms. The highest BCUT2D eigenvalue weighted by atomic mass is 32.1. The molecular formula is C23H17F5N6OS. The molecule has 0 saturated carbocycles. The van der Waals surface area contributed by atoms with E-state index in [-0.39, 0.29) is 40.0 Å². The molecule has 4 rings (SSSR count). The molecule has 0 radical (unpaired) electrons. The lowest BCUT2D eigenvalue weighted by Crippen LogP contribution is -2.44. The summed E-state index contributed by atoms with van der Waals surface area (Å²) in [6.07, 6.45) is -4.83. The quantitative estimate of drug-likeness (QED) is 0.231. The maximum Gasteiger partial charge on any atom is 0.417 e. The molecular weight excluding hydrogens is 503 g/mol. The van der Waals surface area contributed by atoms with E-state index in [1.54, 1.807) is 13.8 Å². The summed E-state index contributed by atoms with van der Waals surface area (Å²) in [4.78, 5) is 18.6. The molecule has 36 heavy (non-hydrogen) atoms. The average molecular weight is 520 g/mol. The summed E-state index contributed by atoms with van der Waals surface area (Å²) in [5.74, 6) is -2.34. The number of halogens is 5. The molecule has 3 aromatic rings. The number of aromatic nitrogens is 2. The molecule has 0 atom stereocenters. The van der Waals surface area contributed by atoms with Crippen molar-refractivity contribution >= 4 is 40.2 Å². The molecule has 0 bridgehead atoms. The van der Waals surface area contributed by atoms with Crippen molar-refractivity contribution in [2.45, 2.75) is 38.9 Å². The third kappa shape index (κ3) is 3.69. The Kier molecular flexibility index (Phi) is 5.83. The summed E-state index contributed by atoms with van der Waals surface area (Å²) >= 11 is 5.49. The van der Waals surface area contributed by atoms with Gasteiger partial charge in [0.15, 0.2) is 5.11 Å². The van der Waals surface area contributed by atoms with Crippen molar-refractivity contribution < 1.29 is 22.0 Å². The molecule has 0 unspecified atom stereocenters. The second kappa shape index (κ2) is 8.34. The Bertz CT molecular complexity index is 1560. The van der Waals surface area contributed by atoms with E-state index in [0.717, 1.165) is 17.0 Å². The fraction of sp³-hybridized carbons (Fsp3) is 0.261. The number of thiocarbonyl (C=S) groups is 1. The van der Waals surface area contributed by atoms with Crippen molar-refractivity contribution in [2.75, 3.05) is 9.80 Å². The van der Waals surface area contributed by atoms with Gasteiger partial charge in [0.05, 0.1) is 39.7 Å². The summed E-state index contributed by atoms with van der Waals surface area (Å²) in [5.41, 5.74) is -4.74. The van der Waals surface area contributed by atoms with Gasteiger partial charge in [-0.15, -0.1) is 0 Å². The van der Waals surface area contributed by atoms with Crippen LogP contribution in [-0.2, 0) is 12.6 Å². The minimum atomic E-state index is -4.83. The van der Waals surface area contributed by atoms with Crippen molar-refractivity contribution in [1.29, 1.82) is 10.7 Å². The van der Waals surface area contributed by atoms with Crippen molar-refractivity contribution in [1.82, 2.24) is 9.38 Å². The number of nitrogens with zero attached hydrogens (tertiary/aromatic N) is 5. The van der Waals surface area contributed by atoms with Gasteiger partial charge in [0.1, 0.15) is 11.5 Å². The first-order valence-electron chi connectivity index (χ1n) is 10.5. The van der Waals surface area contributed by atoms with Gasteiger partial charge in [0.2, 0.25) is 11.9 Å². The van der Waals surface area contributed by atoms with Crippen LogP contribution in [-0.4, -0.2) is 25.9 Å². The van der Waals surface area contributed by atoms with Crippen LogP contribution in [0.25, 0.3) is 5.65 Å². The van der Waals surface area contributed by atoms with Crippen LogP contribution in [0.4, 0.5) is 33.3 Å². The van der Waals surface area contributed by atoms with Gasteiger partial charge in [0, 0.05) is 12.1 Å². The highest BCUT2D eigenvalue weighted by Crippen LogP contribution is 2.40. The maximum atomic E-state index is 15.1.